The van der Waals surface area contributed by atoms with Crippen LogP contribution in [-0.4, -0.2) is 14.3 Å². The van der Waals surface area contributed by atoms with E-state index in [9.17, 15) is 4.79 Å². The predicted molar refractivity (Wildman–Crippen MR) is 79.3 cm³/mol. The Morgan fingerprint density at radius 3 is 2.30 bits per heavy atom. The van der Waals surface area contributed by atoms with Gasteiger partial charge in [0.1, 0.15) is 0 Å². The maximum Gasteiger partial charge on any atom is 0.350 e. The van der Waals surface area contributed by atoms with Gasteiger partial charge in [-0.2, -0.15) is 0 Å². The standard InChI is InChI=1S/C15H12ClN3O/c1-18-15(20)19(13-9-7-12(16)8-10-13)14(17-18)11-5-3-2-4-6-11/h2-10H,1H3. The second-order valence-electron chi connectivity index (χ2n) is 4.41. The summed E-state index contributed by atoms with van der Waals surface area (Å²) in [5.74, 6) is 0.612. The molecule has 0 aliphatic carbocycles. The van der Waals surface area contributed by atoms with Gasteiger partial charge in [0.15, 0.2) is 5.82 Å². The highest BCUT2D eigenvalue weighted by molar-refractivity contribution is 6.30. The third-order valence-corrected chi connectivity index (χ3v) is 3.29. The summed E-state index contributed by atoms with van der Waals surface area (Å²) in [7, 11) is 1.64. The molecule has 5 heteroatoms. The lowest BCUT2D eigenvalue weighted by molar-refractivity contribution is 0.727. The lowest BCUT2D eigenvalue weighted by Gasteiger charge is -2.05. The first kappa shape index (κ1) is 12.7. The monoisotopic (exact) mass is 285 g/mol. The van der Waals surface area contributed by atoms with Gasteiger partial charge in [0, 0.05) is 17.6 Å². The maximum atomic E-state index is 12.3. The van der Waals surface area contributed by atoms with Gasteiger partial charge in [0.2, 0.25) is 0 Å². The van der Waals surface area contributed by atoms with Crippen LogP contribution in [0.3, 0.4) is 0 Å². The van der Waals surface area contributed by atoms with Crippen molar-refractivity contribution in [3.63, 3.8) is 0 Å². The number of halogens is 1. The first-order chi connectivity index (χ1) is 9.66. The molecule has 0 atom stereocenters. The second kappa shape index (κ2) is 4.98. The Morgan fingerprint density at radius 1 is 1.00 bits per heavy atom. The van der Waals surface area contributed by atoms with Crippen LogP contribution in [0, 0.1) is 0 Å². The molecule has 100 valence electrons. The van der Waals surface area contributed by atoms with E-state index in [2.05, 4.69) is 5.10 Å². The third kappa shape index (κ3) is 2.14. The largest absolute Gasteiger partial charge is 0.350 e. The van der Waals surface area contributed by atoms with Crippen molar-refractivity contribution in [2.24, 2.45) is 7.05 Å². The zero-order chi connectivity index (χ0) is 14.1. The van der Waals surface area contributed by atoms with Gasteiger partial charge in [0.05, 0.1) is 5.69 Å². The lowest BCUT2D eigenvalue weighted by atomic mass is 10.2. The van der Waals surface area contributed by atoms with Crippen molar-refractivity contribution < 1.29 is 0 Å². The average Bonchev–Trinajstić information content (AvgIpc) is 2.77. The summed E-state index contributed by atoms with van der Waals surface area (Å²) in [6, 6.07) is 16.7. The van der Waals surface area contributed by atoms with Crippen LogP contribution in [0.25, 0.3) is 17.1 Å². The number of rotatable bonds is 2. The van der Waals surface area contributed by atoms with E-state index in [-0.39, 0.29) is 5.69 Å². The van der Waals surface area contributed by atoms with E-state index in [1.165, 1.54) is 4.68 Å². The SMILES string of the molecule is Cn1nc(-c2ccccc2)n(-c2ccc(Cl)cc2)c1=O. The van der Waals surface area contributed by atoms with Crippen LogP contribution in [0.1, 0.15) is 0 Å². The van der Waals surface area contributed by atoms with Crippen molar-refractivity contribution in [3.8, 4) is 17.1 Å². The molecule has 0 N–H and O–H groups in total. The molecule has 0 fully saturated rings. The first-order valence-corrected chi connectivity index (χ1v) is 6.52. The highest BCUT2D eigenvalue weighted by Crippen LogP contribution is 2.20. The van der Waals surface area contributed by atoms with Crippen molar-refractivity contribution in [2.45, 2.75) is 0 Å². The Hall–Kier alpha value is -2.33. The second-order valence-corrected chi connectivity index (χ2v) is 4.84. The number of benzene rings is 2. The number of aryl methyl sites for hydroxylation is 1. The van der Waals surface area contributed by atoms with Crippen molar-refractivity contribution in [2.75, 3.05) is 0 Å². The van der Waals surface area contributed by atoms with Crippen LogP contribution in [0.2, 0.25) is 5.02 Å². The van der Waals surface area contributed by atoms with Crippen molar-refractivity contribution in [1.29, 1.82) is 0 Å². The van der Waals surface area contributed by atoms with Gasteiger partial charge in [-0.15, -0.1) is 5.10 Å². The molecule has 20 heavy (non-hydrogen) atoms. The van der Waals surface area contributed by atoms with E-state index in [4.69, 9.17) is 11.6 Å². The first-order valence-electron chi connectivity index (χ1n) is 6.14. The van der Waals surface area contributed by atoms with E-state index in [0.29, 0.717) is 10.8 Å². The minimum absolute atomic E-state index is 0.189. The highest BCUT2D eigenvalue weighted by Gasteiger charge is 2.14. The van der Waals surface area contributed by atoms with Gasteiger partial charge in [0.25, 0.3) is 0 Å². The lowest BCUT2D eigenvalue weighted by Crippen LogP contribution is -2.21. The van der Waals surface area contributed by atoms with E-state index in [1.807, 2.05) is 30.3 Å². The molecule has 0 aliphatic heterocycles. The molecular formula is C15H12ClN3O. The molecule has 0 saturated carbocycles. The number of hydrogen-bond donors (Lipinski definition) is 0. The minimum atomic E-state index is -0.189. The number of aromatic nitrogens is 3. The third-order valence-electron chi connectivity index (χ3n) is 3.04. The zero-order valence-electron chi connectivity index (χ0n) is 10.8. The Kier molecular flexibility index (Phi) is 3.16. The molecule has 0 bridgehead atoms. The summed E-state index contributed by atoms with van der Waals surface area (Å²) >= 11 is 5.89. The Morgan fingerprint density at radius 2 is 1.65 bits per heavy atom. The molecule has 0 aliphatic rings. The molecular weight excluding hydrogens is 274 g/mol. The smallest absolute Gasteiger partial charge is 0.246 e. The topological polar surface area (TPSA) is 39.8 Å². The van der Waals surface area contributed by atoms with Gasteiger partial charge in [-0.25, -0.2) is 14.0 Å². The van der Waals surface area contributed by atoms with Crippen LogP contribution in [-0.2, 0) is 7.05 Å². The van der Waals surface area contributed by atoms with Crippen molar-refractivity contribution in [3.05, 3.63) is 70.1 Å². The molecule has 1 aromatic heterocycles. The van der Waals surface area contributed by atoms with Crippen LogP contribution >= 0.6 is 11.6 Å². The predicted octanol–water partition coefficient (Wildman–Crippen LogP) is 2.89. The van der Waals surface area contributed by atoms with Gasteiger partial charge < -0.3 is 0 Å². The van der Waals surface area contributed by atoms with Gasteiger partial charge in [-0.3, -0.25) is 0 Å². The van der Waals surface area contributed by atoms with E-state index >= 15 is 0 Å². The average molecular weight is 286 g/mol. The van der Waals surface area contributed by atoms with E-state index in [1.54, 1.807) is 35.9 Å². The van der Waals surface area contributed by atoms with Gasteiger partial charge in [-0.05, 0) is 24.3 Å². The van der Waals surface area contributed by atoms with Crippen LogP contribution < -0.4 is 5.69 Å². The molecule has 3 rings (SSSR count). The quantitative estimate of drug-likeness (QED) is 0.726. The maximum absolute atomic E-state index is 12.3. The fraction of sp³-hybridized carbons (Fsp3) is 0.0667. The van der Waals surface area contributed by atoms with Crippen molar-refractivity contribution >= 4 is 11.6 Å². The molecule has 3 aromatic rings. The van der Waals surface area contributed by atoms with Crippen molar-refractivity contribution in [1.82, 2.24) is 14.3 Å². The Bertz CT molecular complexity index is 788. The molecule has 0 saturated heterocycles. The summed E-state index contributed by atoms with van der Waals surface area (Å²) in [5.41, 5.74) is 1.44. The fourth-order valence-corrected chi connectivity index (χ4v) is 2.19. The highest BCUT2D eigenvalue weighted by atomic mass is 35.5. The molecule has 0 spiro atoms. The minimum Gasteiger partial charge on any atom is -0.246 e. The van der Waals surface area contributed by atoms with Crippen LogP contribution in [0.5, 0.6) is 0 Å². The van der Waals surface area contributed by atoms with Crippen LogP contribution in [0.15, 0.2) is 59.4 Å². The molecule has 0 amide bonds. The summed E-state index contributed by atoms with van der Waals surface area (Å²) in [6.07, 6.45) is 0. The molecule has 0 radical (unpaired) electrons. The van der Waals surface area contributed by atoms with Gasteiger partial charge in [-0.1, -0.05) is 41.9 Å². The number of hydrogen-bond acceptors (Lipinski definition) is 2. The molecule has 1 heterocycles. The summed E-state index contributed by atoms with van der Waals surface area (Å²) in [6.45, 7) is 0. The van der Waals surface area contributed by atoms with E-state index in [0.717, 1.165) is 11.3 Å². The fourth-order valence-electron chi connectivity index (χ4n) is 2.06. The summed E-state index contributed by atoms with van der Waals surface area (Å²) in [4.78, 5) is 12.3. The summed E-state index contributed by atoms with van der Waals surface area (Å²) < 4.78 is 2.91. The Labute approximate surface area is 120 Å². The van der Waals surface area contributed by atoms with Crippen LogP contribution in [0.4, 0.5) is 0 Å². The summed E-state index contributed by atoms with van der Waals surface area (Å²) in [5, 5.41) is 4.94. The zero-order valence-corrected chi connectivity index (χ0v) is 11.6. The molecule has 0 unspecified atom stereocenters. The van der Waals surface area contributed by atoms with Gasteiger partial charge >= 0.3 is 5.69 Å². The normalized spacial score (nSPS) is 10.7. The Balaban J connectivity index is 2.25. The number of nitrogens with zero attached hydrogens (tertiary/aromatic N) is 3. The molecule has 2 aromatic carbocycles. The molecule has 4 nitrogen and oxygen atoms in total. The van der Waals surface area contributed by atoms with E-state index < -0.39 is 0 Å².